The summed E-state index contributed by atoms with van der Waals surface area (Å²) in [5.41, 5.74) is 1.67. The smallest absolute Gasteiger partial charge is 0.264 e. The van der Waals surface area contributed by atoms with Crippen LogP contribution in [0.1, 0.15) is 36.8 Å². The Morgan fingerprint density at radius 3 is 2.16 bits per heavy atom. The minimum Gasteiger partial charge on any atom is -0.493 e. The van der Waals surface area contributed by atoms with Gasteiger partial charge in [0.1, 0.15) is 18.4 Å². The van der Waals surface area contributed by atoms with Crippen LogP contribution in [0.5, 0.6) is 11.5 Å². The molecule has 0 aliphatic heterocycles. The maximum Gasteiger partial charge on any atom is 0.264 e. The molecule has 1 atom stereocenters. The number of hydrogen-bond donors (Lipinski definition) is 1. The Hall–Kier alpha value is -4.42. The summed E-state index contributed by atoms with van der Waals surface area (Å²) in [5, 5.41) is 3.16. The van der Waals surface area contributed by atoms with Crippen molar-refractivity contribution in [3.05, 3.63) is 118 Å². The standard InChI is InChI=1S/C37H39BrFN3O6S/c1-47-34-21-20-32(23-35(34)48-2)49(45,46)42(31-18-16-29(39)17-19-31)25-36(43)41(24-27-12-14-28(38)15-13-27)33(22-26-8-4-3-5-9-26)37(44)40-30-10-6-7-11-30/h3-5,8-9,12-21,23,30,33H,6-7,10-11,22,24-25H2,1-2H3,(H,40,44). The highest BCUT2D eigenvalue weighted by Crippen LogP contribution is 2.33. The maximum absolute atomic E-state index is 14.7. The van der Waals surface area contributed by atoms with E-state index in [0.717, 1.165) is 57.7 Å². The fourth-order valence-corrected chi connectivity index (χ4v) is 7.64. The molecule has 2 amide bonds. The zero-order valence-electron chi connectivity index (χ0n) is 27.4. The van der Waals surface area contributed by atoms with Crippen molar-refractivity contribution < 1.29 is 31.9 Å². The highest BCUT2D eigenvalue weighted by atomic mass is 79.9. The number of benzene rings is 4. The highest BCUT2D eigenvalue weighted by Gasteiger charge is 2.36. The maximum atomic E-state index is 14.7. The van der Waals surface area contributed by atoms with Crippen LogP contribution >= 0.6 is 15.9 Å². The number of methoxy groups -OCH3 is 2. The molecular formula is C37H39BrFN3O6S. The summed E-state index contributed by atoms with van der Waals surface area (Å²) in [6.07, 6.45) is 3.94. The van der Waals surface area contributed by atoms with Gasteiger partial charge in [-0.25, -0.2) is 12.8 Å². The van der Waals surface area contributed by atoms with Crippen molar-refractivity contribution in [2.75, 3.05) is 25.1 Å². The summed E-state index contributed by atoms with van der Waals surface area (Å²) < 4.78 is 55.2. The molecule has 0 spiro atoms. The second kappa shape index (κ2) is 16.3. The normalized spacial score (nSPS) is 13.8. The Kier molecular flexibility index (Phi) is 11.9. The van der Waals surface area contributed by atoms with Crippen molar-refractivity contribution in [1.29, 1.82) is 0 Å². The first kappa shape index (κ1) is 35.9. The van der Waals surface area contributed by atoms with Gasteiger partial charge in [-0.15, -0.1) is 0 Å². The van der Waals surface area contributed by atoms with Crippen LogP contribution in [0.4, 0.5) is 10.1 Å². The van der Waals surface area contributed by atoms with Gasteiger partial charge in [0.25, 0.3) is 10.0 Å². The molecule has 4 aromatic carbocycles. The third kappa shape index (κ3) is 8.98. The minimum atomic E-state index is -4.43. The second-order valence-corrected chi connectivity index (χ2v) is 14.6. The van der Waals surface area contributed by atoms with Gasteiger partial charge in [-0.05, 0) is 72.5 Å². The average molecular weight is 753 g/mol. The summed E-state index contributed by atoms with van der Waals surface area (Å²) >= 11 is 3.45. The number of anilines is 1. The number of rotatable bonds is 14. The van der Waals surface area contributed by atoms with Gasteiger partial charge < -0.3 is 19.7 Å². The first-order valence-electron chi connectivity index (χ1n) is 16.0. The van der Waals surface area contributed by atoms with Crippen molar-refractivity contribution in [3.8, 4) is 11.5 Å². The van der Waals surface area contributed by atoms with Crippen molar-refractivity contribution in [1.82, 2.24) is 10.2 Å². The molecule has 1 N–H and O–H groups in total. The minimum absolute atomic E-state index is 0.00319. The molecule has 49 heavy (non-hydrogen) atoms. The van der Waals surface area contributed by atoms with Gasteiger partial charge in [0, 0.05) is 29.5 Å². The molecule has 5 rings (SSSR count). The molecule has 1 fully saturated rings. The van der Waals surface area contributed by atoms with Gasteiger partial charge in [0.2, 0.25) is 11.8 Å². The van der Waals surface area contributed by atoms with E-state index in [0.29, 0.717) is 5.75 Å². The predicted octanol–water partition coefficient (Wildman–Crippen LogP) is 6.50. The Labute approximate surface area is 295 Å². The Morgan fingerprint density at radius 1 is 0.878 bits per heavy atom. The Morgan fingerprint density at radius 2 is 1.53 bits per heavy atom. The first-order valence-corrected chi connectivity index (χ1v) is 18.2. The van der Waals surface area contributed by atoms with Crippen molar-refractivity contribution >= 4 is 43.5 Å². The summed E-state index contributed by atoms with van der Waals surface area (Å²) in [5.74, 6) is -0.987. The number of amides is 2. The van der Waals surface area contributed by atoms with Gasteiger partial charge >= 0.3 is 0 Å². The lowest BCUT2D eigenvalue weighted by atomic mass is 10.0. The van der Waals surface area contributed by atoms with Crippen molar-refractivity contribution in [2.24, 2.45) is 0 Å². The lowest BCUT2D eigenvalue weighted by Crippen LogP contribution is -2.54. The molecule has 0 radical (unpaired) electrons. The largest absolute Gasteiger partial charge is 0.493 e. The number of nitrogens with one attached hydrogen (secondary N) is 1. The van der Waals surface area contributed by atoms with E-state index in [1.54, 1.807) is 0 Å². The quantitative estimate of drug-likeness (QED) is 0.158. The van der Waals surface area contributed by atoms with E-state index in [2.05, 4.69) is 21.2 Å². The van der Waals surface area contributed by atoms with Crippen LogP contribution in [0.25, 0.3) is 0 Å². The van der Waals surface area contributed by atoms with E-state index in [4.69, 9.17) is 9.47 Å². The summed E-state index contributed by atoms with van der Waals surface area (Å²) in [4.78, 5) is 30.1. The lowest BCUT2D eigenvalue weighted by Gasteiger charge is -2.34. The molecule has 1 aliphatic rings. The van der Waals surface area contributed by atoms with Gasteiger partial charge in [-0.1, -0.05) is 71.2 Å². The SMILES string of the molecule is COc1ccc(S(=O)(=O)N(CC(=O)N(Cc2ccc(Br)cc2)C(Cc2ccccc2)C(=O)NC2CCCC2)c2ccc(F)cc2)cc1OC. The fraction of sp³-hybridized carbons (Fsp3) is 0.297. The van der Waals surface area contributed by atoms with Crippen LogP contribution in [0.2, 0.25) is 0 Å². The van der Waals surface area contributed by atoms with E-state index in [-0.39, 0.29) is 41.2 Å². The first-order chi connectivity index (χ1) is 23.6. The number of sulfonamides is 1. The zero-order valence-corrected chi connectivity index (χ0v) is 29.8. The highest BCUT2D eigenvalue weighted by molar-refractivity contribution is 9.10. The third-order valence-electron chi connectivity index (χ3n) is 8.58. The Bertz CT molecular complexity index is 1840. The van der Waals surface area contributed by atoms with Crippen LogP contribution in [0.15, 0.2) is 106 Å². The number of carbonyl (C=O) groups is 2. The summed E-state index contributed by atoms with van der Waals surface area (Å²) in [6.45, 7) is -0.629. The zero-order chi connectivity index (χ0) is 35.0. The molecule has 258 valence electrons. The van der Waals surface area contributed by atoms with E-state index in [1.165, 1.54) is 49.5 Å². The molecule has 1 unspecified atom stereocenters. The average Bonchev–Trinajstić information content (AvgIpc) is 3.63. The predicted molar refractivity (Wildman–Crippen MR) is 190 cm³/mol. The van der Waals surface area contributed by atoms with Crippen molar-refractivity contribution in [2.45, 2.75) is 55.6 Å². The van der Waals surface area contributed by atoms with E-state index in [9.17, 15) is 22.4 Å². The van der Waals surface area contributed by atoms with Gasteiger partial charge in [-0.3, -0.25) is 13.9 Å². The molecule has 0 bridgehead atoms. The van der Waals surface area contributed by atoms with Gasteiger partial charge in [-0.2, -0.15) is 0 Å². The molecule has 0 heterocycles. The topological polar surface area (TPSA) is 105 Å². The molecule has 0 aromatic heterocycles. The number of carbonyl (C=O) groups excluding carboxylic acids is 2. The molecule has 4 aromatic rings. The van der Waals surface area contributed by atoms with Crippen LogP contribution in [-0.2, 0) is 32.6 Å². The molecule has 1 aliphatic carbocycles. The van der Waals surface area contributed by atoms with E-state index < -0.39 is 34.3 Å². The molecule has 0 saturated heterocycles. The summed E-state index contributed by atoms with van der Waals surface area (Å²) in [7, 11) is -1.61. The van der Waals surface area contributed by atoms with Crippen LogP contribution in [0, 0.1) is 5.82 Å². The second-order valence-electron chi connectivity index (χ2n) is 11.8. The van der Waals surface area contributed by atoms with Gasteiger partial charge in [0.15, 0.2) is 11.5 Å². The third-order valence-corrected chi connectivity index (χ3v) is 10.9. The lowest BCUT2D eigenvalue weighted by molar-refractivity contribution is -0.140. The van der Waals surface area contributed by atoms with Crippen LogP contribution in [0.3, 0.4) is 0 Å². The number of hydrogen-bond acceptors (Lipinski definition) is 6. The molecule has 9 nitrogen and oxygen atoms in total. The number of nitrogens with zero attached hydrogens (tertiary/aromatic N) is 2. The number of ether oxygens (including phenoxy) is 2. The fourth-order valence-electron chi connectivity index (χ4n) is 5.95. The molecule has 12 heteroatoms. The summed E-state index contributed by atoms with van der Waals surface area (Å²) in [6, 6.07) is 24.8. The van der Waals surface area contributed by atoms with E-state index >= 15 is 0 Å². The van der Waals surface area contributed by atoms with Crippen LogP contribution < -0.4 is 19.1 Å². The van der Waals surface area contributed by atoms with Crippen molar-refractivity contribution in [3.63, 3.8) is 0 Å². The molecular weight excluding hydrogens is 713 g/mol. The van der Waals surface area contributed by atoms with Crippen LogP contribution in [-0.4, -0.2) is 58.0 Å². The van der Waals surface area contributed by atoms with Gasteiger partial charge in [0.05, 0.1) is 24.8 Å². The van der Waals surface area contributed by atoms with E-state index in [1.807, 2.05) is 54.6 Å². The molecule has 1 saturated carbocycles. The number of halogens is 2. The Balaban J connectivity index is 1.57. The monoisotopic (exact) mass is 751 g/mol.